The van der Waals surface area contributed by atoms with E-state index in [9.17, 15) is 18.0 Å². The second-order valence-electron chi connectivity index (χ2n) is 4.66. The maximum Gasteiger partial charge on any atom is 0.404 e. The SMILES string of the molecule is O=C(O)NC1CC(Oc2ccc(F)c(C(F)CF)c2)C1. The van der Waals surface area contributed by atoms with Crippen molar-refractivity contribution in [3.63, 3.8) is 0 Å². The monoisotopic (exact) mass is 289 g/mol. The number of hydrogen-bond donors (Lipinski definition) is 2. The Labute approximate surface area is 113 Å². The summed E-state index contributed by atoms with van der Waals surface area (Å²) in [5.41, 5.74) is -0.371. The van der Waals surface area contributed by atoms with Gasteiger partial charge in [0.15, 0.2) is 6.17 Å². The minimum atomic E-state index is -2.01. The molecule has 1 fully saturated rings. The normalized spacial score (nSPS) is 22.8. The van der Waals surface area contributed by atoms with Crippen LogP contribution in [-0.4, -0.2) is 30.0 Å². The number of halogens is 3. The largest absolute Gasteiger partial charge is 0.490 e. The number of amides is 1. The smallest absolute Gasteiger partial charge is 0.404 e. The number of benzene rings is 1. The molecule has 4 nitrogen and oxygen atoms in total. The Morgan fingerprint density at radius 1 is 1.50 bits per heavy atom. The van der Waals surface area contributed by atoms with Crippen molar-refractivity contribution < 1.29 is 27.8 Å². The predicted molar refractivity (Wildman–Crippen MR) is 64.8 cm³/mol. The highest BCUT2D eigenvalue weighted by Gasteiger charge is 2.32. The van der Waals surface area contributed by atoms with E-state index in [1.54, 1.807) is 0 Å². The van der Waals surface area contributed by atoms with Gasteiger partial charge in [-0.25, -0.2) is 18.0 Å². The lowest BCUT2D eigenvalue weighted by Crippen LogP contribution is -2.48. The molecule has 1 amide bonds. The van der Waals surface area contributed by atoms with Gasteiger partial charge in [0.05, 0.1) is 0 Å². The van der Waals surface area contributed by atoms with E-state index < -0.39 is 24.8 Å². The van der Waals surface area contributed by atoms with E-state index in [4.69, 9.17) is 9.84 Å². The van der Waals surface area contributed by atoms with Crippen LogP contribution in [0.2, 0.25) is 0 Å². The van der Waals surface area contributed by atoms with E-state index in [-0.39, 0.29) is 23.5 Å². The fourth-order valence-corrected chi connectivity index (χ4v) is 2.07. The Kier molecular flexibility index (Phi) is 4.36. The molecule has 0 aliphatic heterocycles. The summed E-state index contributed by atoms with van der Waals surface area (Å²) in [5, 5.41) is 10.8. The van der Waals surface area contributed by atoms with Gasteiger partial charge in [0.25, 0.3) is 0 Å². The van der Waals surface area contributed by atoms with Crippen LogP contribution in [0.5, 0.6) is 5.75 Å². The van der Waals surface area contributed by atoms with E-state index in [1.807, 2.05) is 0 Å². The van der Waals surface area contributed by atoms with Crippen molar-refractivity contribution in [2.75, 3.05) is 6.67 Å². The molecule has 0 radical (unpaired) electrons. The summed E-state index contributed by atoms with van der Waals surface area (Å²) in [6, 6.07) is 3.33. The summed E-state index contributed by atoms with van der Waals surface area (Å²) in [4.78, 5) is 10.4. The van der Waals surface area contributed by atoms with Crippen molar-refractivity contribution in [3.05, 3.63) is 29.6 Å². The lowest BCUT2D eigenvalue weighted by molar-refractivity contribution is 0.0830. The molecule has 0 aromatic heterocycles. The molecular weight excluding hydrogens is 275 g/mol. The van der Waals surface area contributed by atoms with Crippen LogP contribution in [-0.2, 0) is 0 Å². The molecule has 2 N–H and O–H groups in total. The lowest BCUT2D eigenvalue weighted by Gasteiger charge is -2.35. The van der Waals surface area contributed by atoms with Crippen molar-refractivity contribution in [2.45, 2.75) is 31.2 Å². The van der Waals surface area contributed by atoms with Crippen LogP contribution in [0.15, 0.2) is 18.2 Å². The maximum absolute atomic E-state index is 13.3. The molecule has 1 aliphatic rings. The summed E-state index contributed by atoms with van der Waals surface area (Å²) < 4.78 is 44.2. The zero-order chi connectivity index (χ0) is 14.7. The van der Waals surface area contributed by atoms with Crippen molar-refractivity contribution >= 4 is 6.09 Å². The number of rotatable bonds is 5. The molecule has 110 valence electrons. The van der Waals surface area contributed by atoms with Crippen molar-refractivity contribution in [1.82, 2.24) is 5.32 Å². The van der Waals surface area contributed by atoms with Gasteiger partial charge >= 0.3 is 6.09 Å². The fourth-order valence-electron chi connectivity index (χ4n) is 2.07. The molecule has 1 saturated carbocycles. The van der Waals surface area contributed by atoms with Crippen molar-refractivity contribution in [1.29, 1.82) is 0 Å². The van der Waals surface area contributed by atoms with Crippen LogP contribution in [0.3, 0.4) is 0 Å². The first-order valence-electron chi connectivity index (χ1n) is 6.15. The van der Waals surface area contributed by atoms with E-state index in [1.165, 1.54) is 6.07 Å². The molecule has 7 heteroatoms. The standard InChI is InChI=1S/C13H14F3NO3/c14-6-12(16)10-5-8(1-2-11(10)15)20-9-3-7(4-9)17-13(18)19/h1-2,5,7,9,12,17H,3-4,6H2,(H,18,19). The number of carboxylic acid groups (broad SMARTS) is 1. The van der Waals surface area contributed by atoms with E-state index in [2.05, 4.69) is 5.32 Å². The summed E-state index contributed by atoms with van der Waals surface area (Å²) in [5.74, 6) is -0.571. The fraction of sp³-hybridized carbons (Fsp3) is 0.462. The molecule has 0 spiro atoms. The highest BCUT2D eigenvalue weighted by molar-refractivity contribution is 5.65. The zero-order valence-electron chi connectivity index (χ0n) is 10.5. The summed E-state index contributed by atoms with van der Waals surface area (Å²) in [7, 11) is 0. The second kappa shape index (κ2) is 6.02. The van der Waals surface area contributed by atoms with E-state index in [0.29, 0.717) is 12.8 Å². The quantitative estimate of drug-likeness (QED) is 0.876. The first kappa shape index (κ1) is 14.5. The first-order chi connectivity index (χ1) is 9.49. The Bertz CT molecular complexity index is 492. The number of carbonyl (C=O) groups is 1. The Morgan fingerprint density at radius 3 is 2.80 bits per heavy atom. The van der Waals surface area contributed by atoms with Gasteiger partial charge < -0.3 is 15.2 Å². The predicted octanol–water partition coefficient (Wildman–Crippen LogP) is 2.98. The molecule has 20 heavy (non-hydrogen) atoms. The molecule has 1 unspecified atom stereocenters. The number of nitrogens with one attached hydrogen (secondary N) is 1. The molecule has 1 aromatic rings. The van der Waals surface area contributed by atoms with Crippen LogP contribution < -0.4 is 10.1 Å². The zero-order valence-corrected chi connectivity index (χ0v) is 10.5. The van der Waals surface area contributed by atoms with Gasteiger partial charge in [-0.15, -0.1) is 0 Å². The number of ether oxygens (including phenoxy) is 1. The third-order valence-electron chi connectivity index (χ3n) is 3.17. The molecule has 1 atom stereocenters. The second-order valence-corrected chi connectivity index (χ2v) is 4.66. The lowest BCUT2D eigenvalue weighted by atomic mass is 9.89. The Balaban J connectivity index is 1.93. The van der Waals surface area contributed by atoms with Gasteiger partial charge in [-0.1, -0.05) is 0 Å². The van der Waals surface area contributed by atoms with Crippen LogP contribution in [0.1, 0.15) is 24.6 Å². The van der Waals surface area contributed by atoms with E-state index in [0.717, 1.165) is 12.1 Å². The van der Waals surface area contributed by atoms with Gasteiger partial charge in [-0.2, -0.15) is 0 Å². The molecular formula is C13H14F3NO3. The van der Waals surface area contributed by atoms with Gasteiger partial charge in [0.1, 0.15) is 24.3 Å². The highest BCUT2D eigenvalue weighted by atomic mass is 19.2. The Morgan fingerprint density at radius 2 is 2.20 bits per heavy atom. The number of hydrogen-bond acceptors (Lipinski definition) is 2. The highest BCUT2D eigenvalue weighted by Crippen LogP contribution is 2.30. The van der Waals surface area contributed by atoms with Crippen LogP contribution in [0, 0.1) is 5.82 Å². The summed E-state index contributed by atoms with van der Waals surface area (Å²) in [6.07, 6.45) is -2.35. The third-order valence-corrected chi connectivity index (χ3v) is 3.17. The minimum Gasteiger partial charge on any atom is -0.490 e. The van der Waals surface area contributed by atoms with Gasteiger partial charge in [0, 0.05) is 24.4 Å². The van der Waals surface area contributed by atoms with Crippen molar-refractivity contribution in [3.8, 4) is 5.75 Å². The molecule has 0 saturated heterocycles. The number of alkyl halides is 2. The maximum atomic E-state index is 13.3. The molecule has 1 aliphatic carbocycles. The van der Waals surface area contributed by atoms with Gasteiger partial charge in [-0.05, 0) is 18.2 Å². The average Bonchev–Trinajstić information content (AvgIpc) is 2.37. The molecule has 2 rings (SSSR count). The molecule has 0 heterocycles. The van der Waals surface area contributed by atoms with Gasteiger partial charge in [-0.3, -0.25) is 0 Å². The summed E-state index contributed by atoms with van der Waals surface area (Å²) >= 11 is 0. The van der Waals surface area contributed by atoms with Crippen molar-refractivity contribution in [2.24, 2.45) is 0 Å². The molecule has 0 bridgehead atoms. The average molecular weight is 289 g/mol. The van der Waals surface area contributed by atoms with Gasteiger partial charge in [0.2, 0.25) is 0 Å². The topological polar surface area (TPSA) is 58.6 Å². The molecule has 1 aromatic carbocycles. The third kappa shape index (κ3) is 3.34. The van der Waals surface area contributed by atoms with Crippen LogP contribution in [0.4, 0.5) is 18.0 Å². The first-order valence-corrected chi connectivity index (χ1v) is 6.15. The van der Waals surface area contributed by atoms with E-state index >= 15 is 0 Å². The Hall–Kier alpha value is -1.92. The van der Waals surface area contributed by atoms with Crippen LogP contribution in [0.25, 0.3) is 0 Å². The summed E-state index contributed by atoms with van der Waals surface area (Å²) in [6.45, 7) is -1.30. The van der Waals surface area contributed by atoms with Crippen LogP contribution >= 0.6 is 0 Å². The minimum absolute atomic E-state index is 0.169.